The van der Waals surface area contributed by atoms with Crippen LogP contribution in [0, 0.1) is 6.92 Å². The van der Waals surface area contributed by atoms with E-state index in [4.69, 9.17) is 0 Å². The molecule has 0 aliphatic heterocycles. The first-order valence-corrected chi connectivity index (χ1v) is 7.53. The lowest BCUT2D eigenvalue weighted by molar-refractivity contribution is -0.167. The standard InChI is InChI=1S/C18H17F3N2O2/c1-12-4-2-5-13(8-12)10-16(24)22-11-14-6-3-7-15(9-14)23-17(25)18(19,20)21/h2-9H,10-11H2,1H3,(H,22,24)(H,23,25). The fourth-order valence-electron chi connectivity index (χ4n) is 2.23. The van der Waals surface area contributed by atoms with Crippen molar-refractivity contribution < 1.29 is 22.8 Å². The van der Waals surface area contributed by atoms with Crippen molar-refractivity contribution in [1.82, 2.24) is 5.32 Å². The van der Waals surface area contributed by atoms with Crippen LogP contribution in [0.25, 0.3) is 0 Å². The number of rotatable bonds is 5. The van der Waals surface area contributed by atoms with Gasteiger partial charge in [0.25, 0.3) is 0 Å². The van der Waals surface area contributed by atoms with E-state index in [0.29, 0.717) is 5.56 Å². The monoisotopic (exact) mass is 350 g/mol. The SMILES string of the molecule is Cc1cccc(CC(=O)NCc2cccc(NC(=O)C(F)(F)F)c2)c1. The van der Waals surface area contributed by atoms with Gasteiger partial charge in [-0.05, 0) is 30.2 Å². The topological polar surface area (TPSA) is 58.2 Å². The van der Waals surface area contributed by atoms with Crippen molar-refractivity contribution >= 4 is 17.5 Å². The lowest BCUT2D eigenvalue weighted by Gasteiger charge is -2.10. The van der Waals surface area contributed by atoms with Crippen molar-refractivity contribution in [3.63, 3.8) is 0 Å². The normalized spacial score (nSPS) is 11.0. The van der Waals surface area contributed by atoms with Gasteiger partial charge in [-0.2, -0.15) is 13.2 Å². The van der Waals surface area contributed by atoms with E-state index in [0.717, 1.165) is 11.1 Å². The highest BCUT2D eigenvalue weighted by Crippen LogP contribution is 2.19. The molecule has 0 unspecified atom stereocenters. The summed E-state index contributed by atoms with van der Waals surface area (Å²) in [5.41, 5.74) is 2.53. The van der Waals surface area contributed by atoms with Gasteiger partial charge < -0.3 is 10.6 Å². The van der Waals surface area contributed by atoms with Gasteiger partial charge >= 0.3 is 12.1 Å². The molecule has 132 valence electrons. The highest BCUT2D eigenvalue weighted by Gasteiger charge is 2.38. The van der Waals surface area contributed by atoms with Crippen molar-refractivity contribution in [3.8, 4) is 0 Å². The molecule has 4 nitrogen and oxygen atoms in total. The molecular weight excluding hydrogens is 333 g/mol. The van der Waals surface area contributed by atoms with E-state index in [2.05, 4.69) is 5.32 Å². The first-order valence-electron chi connectivity index (χ1n) is 7.53. The number of hydrogen-bond donors (Lipinski definition) is 2. The largest absolute Gasteiger partial charge is 0.471 e. The number of aryl methyl sites for hydroxylation is 1. The second-order valence-electron chi connectivity index (χ2n) is 5.59. The molecule has 2 aromatic rings. The van der Waals surface area contributed by atoms with Crippen molar-refractivity contribution in [3.05, 3.63) is 65.2 Å². The van der Waals surface area contributed by atoms with Gasteiger partial charge in [0.15, 0.2) is 0 Å². The lowest BCUT2D eigenvalue weighted by Crippen LogP contribution is -2.30. The molecule has 7 heteroatoms. The van der Waals surface area contributed by atoms with Crippen LogP contribution in [0.2, 0.25) is 0 Å². The maximum Gasteiger partial charge on any atom is 0.471 e. The van der Waals surface area contributed by atoms with Gasteiger partial charge in [0.05, 0.1) is 6.42 Å². The van der Waals surface area contributed by atoms with Crippen LogP contribution in [0.5, 0.6) is 0 Å². The Labute approximate surface area is 143 Å². The molecule has 0 fully saturated rings. The van der Waals surface area contributed by atoms with E-state index in [-0.39, 0.29) is 24.6 Å². The van der Waals surface area contributed by atoms with Gasteiger partial charge in [-0.25, -0.2) is 0 Å². The summed E-state index contributed by atoms with van der Waals surface area (Å²) in [6.07, 6.45) is -4.73. The van der Waals surface area contributed by atoms with E-state index in [1.165, 1.54) is 18.2 Å². The van der Waals surface area contributed by atoms with E-state index >= 15 is 0 Å². The zero-order valence-electron chi connectivity index (χ0n) is 13.5. The third kappa shape index (κ3) is 5.95. The minimum absolute atomic E-state index is 0.0211. The predicted molar refractivity (Wildman–Crippen MR) is 87.9 cm³/mol. The number of carbonyl (C=O) groups is 2. The molecule has 25 heavy (non-hydrogen) atoms. The summed E-state index contributed by atoms with van der Waals surface area (Å²) in [5, 5.41) is 4.48. The Morgan fingerprint density at radius 2 is 1.68 bits per heavy atom. The second-order valence-corrected chi connectivity index (χ2v) is 5.59. The molecule has 0 bridgehead atoms. The summed E-state index contributed by atoms with van der Waals surface area (Å²) in [5.74, 6) is -2.23. The molecule has 0 aliphatic rings. The molecule has 0 radical (unpaired) electrons. The molecule has 0 aromatic heterocycles. The Kier molecular flexibility index (Phi) is 5.80. The molecule has 0 aliphatic carbocycles. The molecule has 0 saturated carbocycles. The maximum atomic E-state index is 12.3. The van der Waals surface area contributed by atoms with Gasteiger partial charge in [0.1, 0.15) is 0 Å². The fourth-order valence-corrected chi connectivity index (χ4v) is 2.23. The van der Waals surface area contributed by atoms with Crippen molar-refractivity contribution in [2.45, 2.75) is 26.1 Å². The Balaban J connectivity index is 1.91. The Bertz CT molecular complexity index is 773. The minimum Gasteiger partial charge on any atom is -0.352 e. The van der Waals surface area contributed by atoms with Gasteiger partial charge in [-0.1, -0.05) is 42.0 Å². The zero-order valence-corrected chi connectivity index (χ0v) is 13.5. The van der Waals surface area contributed by atoms with E-state index in [1.54, 1.807) is 11.4 Å². The Morgan fingerprint density at radius 3 is 2.36 bits per heavy atom. The third-order valence-corrected chi connectivity index (χ3v) is 3.38. The Morgan fingerprint density at radius 1 is 1.00 bits per heavy atom. The van der Waals surface area contributed by atoms with Gasteiger partial charge in [-0.3, -0.25) is 9.59 Å². The first kappa shape index (κ1) is 18.5. The van der Waals surface area contributed by atoms with E-state index < -0.39 is 12.1 Å². The van der Waals surface area contributed by atoms with Crippen LogP contribution in [0.1, 0.15) is 16.7 Å². The summed E-state index contributed by atoms with van der Waals surface area (Å²) in [7, 11) is 0. The quantitative estimate of drug-likeness (QED) is 0.869. The number of nitrogens with one attached hydrogen (secondary N) is 2. The molecule has 2 rings (SSSR count). The highest BCUT2D eigenvalue weighted by molar-refractivity contribution is 5.94. The van der Waals surface area contributed by atoms with E-state index in [9.17, 15) is 22.8 Å². The third-order valence-electron chi connectivity index (χ3n) is 3.38. The van der Waals surface area contributed by atoms with Crippen LogP contribution >= 0.6 is 0 Å². The summed E-state index contributed by atoms with van der Waals surface area (Å²) in [6, 6.07) is 13.4. The molecule has 2 aromatic carbocycles. The number of anilines is 1. The smallest absolute Gasteiger partial charge is 0.352 e. The van der Waals surface area contributed by atoms with Crippen molar-refractivity contribution in [2.75, 3.05) is 5.32 Å². The van der Waals surface area contributed by atoms with Crippen LogP contribution in [0.15, 0.2) is 48.5 Å². The summed E-state index contributed by atoms with van der Waals surface area (Å²) >= 11 is 0. The molecule has 2 N–H and O–H groups in total. The fraction of sp³-hybridized carbons (Fsp3) is 0.222. The molecular formula is C18H17F3N2O2. The van der Waals surface area contributed by atoms with Gasteiger partial charge in [0, 0.05) is 12.2 Å². The van der Waals surface area contributed by atoms with Crippen LogP contribution in [0.3, 0.4) is 0 Å². The average molecular weight is 350 g/mol. The van der Waals surface area contributed by atoms with Crippen LogP contribution in [-0.2, 0) is 22.6 Å². The lowest BCUT2D eigenvalue weighted by atomic mass is 10.1. The van der Waals surface area contributed by atoms with Gasteiger partial charge in [0.2, 0.25) is 5.91 Å². The molecule has 2 amide bonds. The summed E-state index contributed by atoms with van der Waals surface area (Å²) in [4.78, 5) is 22.9. The molecule has 0 spiro atoms. The molecule has 0 heterocycles. The average Bonchev–Trinajstić information content (AvgIpc) is 2.52. The number of halogens is 3. The predicted octanol–water partition coefficient (Wildman–Crippen LogP) is 3.35. The Hall–Kier alpha value is -2.83. The van der Waals surface area contributed by atoms with Crippen LogP contribution in [-0.4, -0.2) is 18.0 Å². The van der Waals surface area contributed by atoms with Crippen LogP contribution < -0.4 is 10.6 Å². The number of hydrogen-bond acceptors (Lipinski definition) is 2. The summed E-state index contributed by atoms with van der Waals surface area (Å²) < 4.78 is 36.8. The first-order chi connectivity index (χ1) is 11.7. The number of benzene rings is 2. The zero-order chi connectivity index (χ0) is 18.4. The number of carbonyl (C=O) groups excluding carboxylic acids is 2. The second kappa shape index (κ2) is 7.83. The van der Waals surface area contributed by atoms with Gasteiger partial charge in [-0.15, -0.1) is 0 Å². The number of amides is 2. The van der Waals surface area contributed by atoms with Crippen molar-refractivity contribution in [1.29, 1.82) is 0 Å². The molecule has 0 atom stereocenters. The summed E-state index contributed by atoms with van der Waals surface area (Å²) in [6.45, 7) is 2.09. The number of alkyl halides is 3. The van der Waals surface area contributed by atoms with Crippen molar-refractivity contribution in [2.24, 2.45) is 0 Å². The molecule has 0 saturated heterocycles. The highest BCUT2D eigenvalue weighted by atomic mass is 19.4. The van der Waals surface area contributed by atoms with E-state index in [1.807, 2.05) is 31.2 Å². The maximum absolute atomic E-state index is 12.3. The minimum atomic E-state index is -4.95. The van der Waals surface area contributed by atoms with Crippen LogP contribution in [0.4, 0.5) is 18.9 Å².